The van der Waals surface area contributed by atoms with Gasteiger partial charge < -0.3 is 14.6 Å². The summed E-state index contributed by atoms with van der Waals surface area (Å²) in [7, 11) is 0. The monoisotopic (exact) mass is 284 g/mol. The van der Waals surface area contributed by atoms with Crippen LogP contribution in [0.5, 0.6) is 0 Å². The van der Waals surface area contributed by atoms with Crippen molar-refractivity contribution in [2.45, 2.75) is 13.5 Å². The third kappa shape index (κ3) is 2.53. The second kappa shape index (κ2) is 5.20. The van der Waals surface area contributed by atoms with Crippen molar-refractivity contribution in [3.8, 4) is 11.3 Å². The van der Waals surface area contributed by atoms with Crippen molar-refractivity contribution in [2.75, 3.05) is 0 Å². The van der Waals surface area contributed by atoms with Crippen molar-refractivity contribution in [3.05, 3.63) is 64.3 Å². The van der Waals surface area contributed by atoms with Crippen LogP contribution in [0.15, 0.2) is 47.1 Å². The molecule has 2 aromatic heterocycles. The zero-order valence-corrected chi connectivity index (χ0v) is 11.3. The summed E-state index contributed by atoms with van der Waals surface area (Å²) in [5.41, 5.74) is 1.63. The molecule has 0 aliphatic carbocycles. The molecular formula is C14H12N4O3. The van der Waals surface area contributed by atoms with Gasteiger partial charge in [0.2, 0.25) is 0 Å². The van der Waals surface area contributed by atoms with Gasteiger partial charge in [0.15, 0.2) is 18.1 Å². The van der Waals surface area contributed by atoms with E-state index in [1.807, 2.05) is 30.3 Å². The molecule has 0 amide bonds. The highest BCUT2D eigenvalue weighted by Crippen LogP contribution is 2.21. The Kier molecular flexibility index (Phi) is 3.23. The van der Waals surface area contributed by atoms with Gasteiger partial charge >= 0.3 is 5.82 Å². The average molecular weight is 284 g/mol. The van der Waals surface area contributed by atoms with Crippen molar-refractivity contribution < 1.29 is 9.45 Å². The summed E-state index contributed by atoms with van der Waals surface area (Å²) < 4.78 is 6.74. The fourth-order valence-corrected chi connectivity index (χ4v) is 2.09. The first kappa shape index (κ1) is 13.0. The third-order valence-corrected chi connectivity index (χ3v) is 3.16. The van der Waals surface area contributed by atoms with Gasteiger partial charge in [-0.1, -0.05) is 35.5 Å². The maximum Gasteiger partial charge on any atom is 0.343 e. The first-order chi connectivity index (χ1) is 10.1. The summed E-state index contributed by atoms with van der Waals surface area (Å²) in [6.45, 7) is 1.93. The first-order valence-corrected chi connectivity index (χ1v) is 6.32. The highest BCUT2D eigenvalue weighted by molar-refractivity contribution is 5.58. The number of imidazole rings is 1. The Morgan fingerprint density at radius 3 is 2.81 bits per heavy atom. The van der Waals surface area contributed by atoms with E-state index in [4.69, 9.17) is 4.52 Å². The number of nitro groups is 1. The standard InChI is InChI=1S/C14H12N4O3/c1-10-15-8-14(18(19)20)17(10)9-12-7-13(16-21-12)11-5-3-2-4-6-11/h2-8H,9H2,1H3. The Morgan fingerprint density at radius 1 is 1.33 bits per heavy atom. The Morgan fingerprint density at radius 2 is 2.10 bits per heavy atom. The predicted molar refractivity (Wildman–Crippen MR) is 74.7 cm³/mol. The summed E-state index contributed by atoms with van der Waals surface area (Å²) in [6, 6.07) is 11.4. The molecule has 3 rings (SSSR count). The van der Waals surface area contributed by atoms with Crippen LogP contribution >= 0.6 is 0 Å². The normalized spacial score (nSPS) is 10.7. The van der Waals surface area contributed by atoms with Gasteiger partial charge in [0, 0.05) is 18.6 Å². The van der Waals surface area contributed by atoms with E-state index in [1.54, 1.807) is 13.0 Å². The summed E-state index contributed by atoms with van der Waals surface area (Å²) in [4.78, 5) is 14.4. The minimum Gasteiger partial charge on any atom is -0.358 e. The van der Waals surface area contributed by atoms with Crippen LogP contribution in [0, 0.1) is 17.0 Å². The topological polar surface area (TPSA) is 87.0 Å². The van der Waals surface area contributed by atoms with Gasteiger partial charge in [-0.15, -0.1) is 0 Å². The lowest BCUT2D eigenvalue weighted by atomic mass is 10.1. The molecule has 1 aromatic carbocycles. The number of hydrogen-bond donors (Lipinski definition) is 0. The Balaban J connectivity index is 1.89. The summed E-state index contributed by atoms with van der Waals surface area (Å²) in [6.07, 6.45) is 1.24. The summed E-state index contributed by atoms with van der Waals surface area (Å²) >= 11 is 0. The molecule has 0 bridgehead atoms. The van der Waals surface area contributed by atoms with Crippen LogP contribution in [-0.2, 0) is 6.54 Å². The van der Waals surface area contributed by atoms with Gasteiger partial charge in [-0.25, -0.2) is 9.55 Å². The smallest absolute Gasteiger partial charge is 0.343 e. The fraction of sp³-hybridized carbons (Fsp3) is 0.143. The van der Waals surface area contributed by atoms with E-state index in [0.29, 0.717) is 17.3 Å². The Labute approximate surface area is 120 Å². The van der Waals surface area contributed by atoms with E-state index in [-0.39, 0.29) is 12.4 Å². The van der Waals surface area contributed by atoms with E-state index >= 15 is 0 Å². The second-order valence-electron chi connectivity index (χ2n) is 4.55. The molecule has 3 aromatic rings. The molecular weight excluding hydrogens is 272 g/mol. The zero-order valence-electron chi connectivity index (χ0n) is 11.3. The van der Waals surface area contributed by atoms with Gasteiger partial charge in [-0.3, -0.25) is 0 Å². The maximum atomic E-state index is 11.0. The molecule has 0 aliphatic heterocycles. The molecule has 21 heavy (non-hydrogen) atoms. The van der Waals surface area contributed by atoms with E-state index in [2.05, 4.69) is 10.1 Å². The van der Waals surface area contributed by atoms with Crippen LogP contribution < -0.4 is 0 Å². The Bertz CT molecular complexity index is 777. The second-order valence-corrected chi connectivity index (χ2v) is 4.55. The van der Waals surface area contributed by atoms with Gasteiger partial charge in [0.1, 0.15) is 11.9 Å². The third-order valence-electron chi connectivity index (χ3n) is 3.16. The summed E-state index contributed by atoms with van der Waals surface area (Å²) in [5, 5.41) is 14.9. The molecule has 0 saturated heterocycles. The molecule has 0 aliphatic rings. The van der Waals surface area contributed by atoms with Crippen LogP contribution in [0.25, 0.3) is 11.3 Å². The van der Waals surface area contributed by atoms with Crippen LogP contribution in [0.2, 0.25) is 0 Å². The maximum absolute atomic E-state index is 11.0. The fourth-order valence-electron chi connectivity index (χ4n) is 2.09. The SMILES string of the molecule is Cc1ncc([N+](=O)[O-])n1Cc1cc(-c2ccccc2)no1. The van der Waals surface area contributed by atoms with Gasteiger partial charge in [0.25, 0.3) is 0 Å². The lowest BCUT2D eigenvalue weighted by molar-refractivity contribution is -0.392. The molecule has 0 spiro atoms. The minimum absolute atomic E-state index is 0.0647. The van der Waals surface area contributed by atoms with E-state index in [1.165, 1.54) is 10.8 Å². The number of aromatic nitrogens is 3. The molecule has 0 atom stereocenters. The van der Waals surface area contributed by atoms with Crippen molar-refractivity contribution >= 4 is 5.82 Å². The van der Waals surface area contributed by atoms with Crippen molar-refractivity contribution in [2.24, 2.45) is 0 Å². The highest BCUT2D eigenvalue weighted by Gasteiger charge is 2.19. The van der Waals surface area contributed by atoms with Gasteiger partial charge in [-0.05, 0) is 4.92 Å². The number of benzene rings is 1. The molecule has 0 N–H and O–H groups in total. The quantitative estimate of drug-likeness (QED) is 0.543. The van der Waals surface area contributed by atoms with Crippen molar-refractivity contribution in [1.29, 1.82) is 0 Å². The molecule has 0 radical (unpaired) electrons. The number of aryl methyl sites for hydroxylation is 1. The number of rotatable bonds is 4. The van der Waals surface area contributed by atoms with E-state index < -0.39 is 4.92 Å². The largest absolute Gasteiger partial charge is 0.358 e. The molecule has 7 nitrogen and oxygen atoms in total. The van der Waals surface area contributed by atoms with Crippen LogP contribution in [0.1, 0.15) is 11.6 Å². The zero-order chi connectivity index (χ0) is 14.8. The molecule has 0 unspecified atom stereocenters. The number of hydrogen-bond acceptors (Lipinski definition) is 5. The first-order valence-electron chi connectivity index (χ1n) is 6.32. The lowest BCUT2D eigenvalue weighted by Crippen LogP contribution is -2.05. The van der Waals surface area contributed by atoms with E-state index in [0.717, 1.165) is 5.56 Å². The van der Waals surface area contributed by atoms with Crippen LogP contribution in [-0.4, -0.2) is 19.6 Å². The summed E-state index contributed by atoms with van der Waals surface area (Å²) in [5.74, 6) is 1.03. The molecule has 0 saturated carbocycles. The molecule has 2 heterocycles. The van der Waals surface area contributed by atoms with Crippen molar-refractivity contribution in [3.63, 3.8) is 0 Å². The minimum atomic E-state index is -0.464. The number of nitrogens with zero attached hydrogens (tertiary/aromatic N) is 4. The van der Waals surface area contributed by atoms with Crippen molar-refractivity contribution in [1.82, 2.24) is 14.7 Å². The lowest BCUT2D eigenvalue weighted by Gasteiger charge is -1.99. The highest BCUT2D eigenvalue weighted by atomic mass is 16.6. The van der Waals surface area contributed by atoms with Gasteiger partial charge in [0.05, 0.1) is 0 Å². The predicted octanol–water partition coefficient (Wildman–Crippen LogP) is 2.80. The Hall–Kier alpha value is -2.96. The molecule has 0 fully saturated rings. The average Bonchev–Trinajstić information content (AvgIpc) is 3.08. The van der Waals surface area contributed by atoms with Gasteiger partial charge in [-0.2, -0.15) is 0 Å². The van der Waals surface area contributed by atoms with E-state index in [9.17, 15) is 10.1 Å². The van der Waals surface area contributed by atoms with Crippen LogP contribution in [0.4, 0.5) is 5.82 Å². The molecule has 106 valence electrons. The molecule has 7 heteroatoms. The van der Waals surface area contributed by atoms with Crippen LogP contribution in [0.3, 0.4) is 0 Å².